The van der Waals surface area contributed by atoms with E-state index in [2.05, 4.69) is 15.8 Å². The summed E-state index contributed by atoms with van der Waals surface area (Å²) in [6.45, 7) is 3.31. The molecule has 3 rings (SSSR count). The number of sulfonamides is 1. The van der Waals surface area contributed by atoms with Crippen molar-refractivity contribution in [2.75, 3.05) is 31.6 Å². The van der Waals surface area contributed by atoms with Crippen molar-refractivity contribution >= 4 is 56.9 Å². The molecule has 31 heavy (non-hydrogen) atoms. The lowest BCUT2D eigenvalue weighted by Gasteiger charge is -2.26. The second-order valence-electron chi connectivity index (χ2n) is 6.78. The van der Waals surface area contributed by atoms with Gasteiger partial charge in [0.1, 0.15) is 0 Å². The van der Waals surface area contributed by atoms with Gasteiger partial charge in [0.25, 0.3) is 0 Å². The smallest absolute Gasteiger partial charge is 0.243 e. The van der Waals surface area contributed by atoms with Gasteiger partial charge in [-0.25, -0.2) is 8.42 Å². The Morgan fingerprint density at radius 3 is 2.61 bits per heavy atom. The molecular formula is C21H23ClN4O3S2. The van der Waals surface area contributed by atoms with Gasteiger partial charge in [0.2, 0.25) is 10.0 Å². The first kappa shape index (κ1) is 23.4. The zero-order valence-corrected chi connectivity index (χ0v) is 19.3. The molecule has 1 aliphatic rings. The monoisotopic (exact) mass is 478 g/mol. The molecule has 0 aliphatic carbocycles. The fourth-order valence-corrected chi connectivity index (χ4v) is 4.65. The van der Waals surface area contributed by atoms with Gasteiger partial charge in [-0.05, 0) is 48.5 Å². The molecule has 0 bridgehead atoms. The molecule has 0 unspecified atom stereocenters. The lowest BCUT2D eigenvalue weighted by molar-refractivity contribution is 0.0730. The number of thiocarbonyl (C=S) groups is 1. The van der Waals surface area contributed by atoms with Gasteiger partial charge in [-0.3, -0.25) is 5.43 Å². The van der Waals surface area contributed by atoms with E-state index in [9.17, 15) is 8.42 Å². The number of anilines is 1. The number of halogens is 1. The van der Waals surface area contributed by atoms with Crippen LogP contribution < -0.4 is 10.7 Å². The van der Waals surface area contributed by atoms with Crippen molar-refractivity contribution in [2.45, 2.75) is 11.8 Å². The number of nitrogens with one attached hydrogen (secondary N) is 2. The molecule has 1 fully saturated rings. The summed E-state index contributed by atoms with van der Waals surface area (Å²) in [5.41, 5.74) is 5.08. The third-order valence-electron chi connectivity index (χ3n) is 4.42. The van der Waals surface area contributed by atoms with Gasteiger partial charge in [-0.15, -0.1) is 0 Å². The highest BCUT2D eigenvalue weighted by molar-refractivity contribution is 7.89. The van der Waals surface area contributed by atoms with Crippen LogP contribution in [-0.2, 0) is 14.8 Å². The van der Waals surface area contributed by atoms with E-state index >= 15 is 0 Å². The molecule has 0 saturated carbocycles. The summed E-state index contributed by atoms with van der Waals surface area (Å²) >= 11 is 11.5. The average Bonchev–Trinajstić information content (AvgIpc) is 2.76. The number of hydrazone groups is 1. The van der Waals surface area contributed by atoms with E-state index in [0.717, 1.165) is 11.1 Å². The van der Waals surface area contributed by atoms with Crippen LogP contribution >= 0.6 is 23.8 Å². The first-order valence-corrected chi connectivity index (χ1v) is 11.8. The van der Waals surface area contributed by atoms with Gasteiger partial charge in [-0.2, -0.15) is 9.41 Å². The van der Waals surface area contributed by atoms with Crippen LogP contribution in [0.4, 0.5) is 5.69 Å². The van der Waals surface area contributed by atoms with Crippen molar-refractivity contribution in [3.8, 4) is 0 Å². The van der Waals surface area contributed by atoms with Crippen LogP contribution in [0, 0.1) is 0 Å². The van der Waals surface area contributed by atoms with E-state index in [0.29, 0.717) is 37.0 Å². The minimum absolute atomic E-state index is 0.134. The molecule has 0 amide bonds. The molecule has 164 valence electrons. The third-order valence-corrected chi connectivity index (χ3v) is 6.84. The molecule has 1 heterocycles. The van der Waals surface area contributed by atoms with Gasteiger partial charge in [0.05, 0.1) is 35.0 Å². The minimum Gasteiger partial charge on any atom is -0.379 e. The molecule has 0 atom stereocenters. The number of rotatable bonds is 6. The maximum Gasteiger partial charge on any atom is 0.243 e. The summed E-state index contributed by atoms with van der Waals surface area (Å²) in [5.74, 6) is 0. The zero-order chi connectivity index (χ0) is 22.3. The number of nitrogens with zero attached hydrogens (tertiary/aromatic N) is 2. The topological polar surface area (TPSA) is 83.0 Å². The molecule has 1 saturated heterocycles. The molecule has 2 aromatic rings. The van der Waals surface area contributed by atoms with Crippen LogP contribution in [0.3, 0.4) is 0 Å². The van der Waals surface area contributed by atoms with E-state index in [4.69, 9.17) is 28.6 Å². The lowest BCUT2D eigenvalue weighted by Crippen LogP contribution is -2.40. The van der Waals surface area contributed by atoms with Crippen LogP contribution in [0.15, 0.2) is 64.1 Å². The van der Waals surface area contributed by atoms with Crippen molar-refractivity contribution in [3.63, 3.8) is 0 Å². The molecule has 10 heteroatoms. The van der Waals surface area contributed by atoms with E-state index in [1.165, 1.54) is 22.5 Å². The first-order chi connectivity index (χ1) is 14.9. The van der Waals surface area contributed by atoms with Gasteiger partial charge in [0.15, 0.2) is 5.11 Å². The van der Waals surface area contributed by atoms with Crippen LogP contribution in [0.5, 0.6) is 0 Å². The molecule has 0 spiro atoms. The standard InChI is InChI=1S/C21H23ClN4O3S2/c1-16(13-17-5-3-2-4-6-17)15-23-25-21(30)24-20-14-18(7-8-19(20)22)31(27,28)26-9-11-29-12-10-26/h2-8,13-15H,9-12H2,1H3,(H2,24,25,30)/b16-13-,23-15+. The Labute approximate surface area is 192 Å². The Hall–Kier alpha value is -2.30. The van der Waals surface area contributed by atoms with Crippen LogP contribution in [-0.4, -0.2) is 50.4 Å². The minimum atomic E-state index is -3.64. The maximum absolute atomic E-state index is 12.9. The molecule has 2 N–H and O–H groups in total. The van der Waals surface area contributed by atoms with E-state index in [1.807, 2.05) is 43.3 Å². The van der Waals surface area contributed by atoms with Crippen LogP contribution in [0.2, 0.25) is 5.02 Å². The Kier molecular flexibility index (Phi) is 8.16. The number of hydrogen-bond donors (Lipinski definition) is 2. The fourth-order valence-electron chi connectivity index (χ4n) is 2.89. The summed E-state index contributed by atoms with van der Waals surface area (Å²) in [6.07, 6.45) is 3.63. The Morgan fingerprint density at radius 2 is 1.90 bits per heavy atom. The Morgan fingerprint density at radius 1 is 1.19 bits per heavy atom. The van der Waals surface area contributed by atoms with Gasteiger partial charge in [0, 0.05) is 13.1 Å². The molecule has 2 aromatic carbocycles. The molecular weight excluding hydrogens is 456 g/mol. The third kappa shape index (κ3) is 6.59. The van der Waals surface area contributed by atoms with Crippen molar-refractivity contribution in [1.29, 1.82) is 0 Å². The summed E-state index contributed by atoms with van der Waals surface area (Å²) in [5, 5.41) is 7.53. The van der Waals surface area contributed by atoms with E-state index < -0.39 is 10.0 Å². The maximum atomic E-state index is 12.9. The summed E-state index contributed by atoms with van der Waals surface area (Å²) in [4.78, 5) is 0.134. The van der Waals surface area contributed by atoms with Crippen molar-refractivity contribution in [2.24, 2.45) is 5.10 Å². The molecule has 0 radical (unpaired) electrons. The average molecular weight is 479 g/mol. The van der Waals surface area contributed by atoms with Gasteiger partial charge < -0.3 is 10.1 Å². The number of allylic oxidation sites excluding steroid dienone is 1. The highest BCUT2D eigenvalue weighted by atomic mass is 35.5. The highest BCUT2D eigenvalue weighted by Crippen LogP contribution is 2.27. The SMILES string of the molecule is CC(=C/c1ccccc1)/C=N/NC(=S)Nc1cc(S(=O)(=O)N2CCOCC2)ccc1Cl. The summed E-state index contributed by atoms with van der Waals surface area (Å²) in [7, 11) is -3.64. The van der Waals surface area contributed by atoms with Crippen LogP contribution in [0.1, 0.15) is 12.5 Å². The predicted molar refractivity (Wildman–Crippen MR) is 129 cm³/mol. The predicted octanol–water partition coefficient (Wildman–Crippen LogP) is 3.74. The highest BCUT2D eigenvalue weighted by Gasteiger charge is 2.26. The summed E-state index contributed by atoms with van der Waals surface area (Å²) < 4.78 is 32.3. The number of morpholine rings is 1. The number of benzene rings is 2. The molecule has 7 nitrogen and oxygen atoms in total. The van der Waals surface area contributed by atoms with E-state index in [-0.39, 0.29) is 10.0 Å². The Bertz CT molecular complexity index is 1080. The lowest BCUT2D eigenvalue weighted by atomic mass is 10.1. The van der Waals surface area contributed by atoms with E-state index in [1.54, 1.807) is 6.21 Å². The largest absolute Gasteiger partial charge is 0.379 e. The van der Waals surface area contributed by atoms with Crippen LogP contribution in [0.25, 0.3) is 6.08 Å². The Balaban J connectivity index is 1.64. The van der Waals surface area contributed by atoms with Crippen molar-refractivity contribution < 1.29 is 13.2 Å². The number of hydrogen-bond acceptors (Lipinski definition) is 5. The molecule has 0 aromatic heterocycles. The fraction of sp³-hybridized carbons (Fsp3) is 0.238. The van der Waals surface area contributed by atoms with Gasteiger partial charge in [-0.1, -0.05) is 48.0 Å². The second kappa shape index (κ2) is 10.8. The number of ether oxygens (including phenoxy) is 1. The van der Waals surface area contributed by atoms with Gasteiger partial charge >= 0.3 is 0 Å². The summed E-state index contributed by atoms with van der Waals surface area (Å²) in [6, 6.07) is 14.3. The van der Waals surface area contributed by atoms with Crippen molar-refractivity contribution in [3.05, 3.63) is 64.7 Å². The zero-order valence-electron chi connectivity index (χ0n) is 16.9. The normalized spacial score (nSPS) is 15.7. The second-order valence-corrected chi connectivity index (χ2v) is 9.53. The first-order valence-electron chi connectivity index (χ1n) is 9.57. The quantitative estimate of drug-likeness (QED) is 0.374. The molecule has 1 aliphatic heterocycles. The van der Waals surface area contributed by atoms with Crippen molar-refractivity contribution in [1.82, 2.24) is 9.73 Å².